The Morgan fingerprint density at radius 1 is 1.32 bits per heavy atom. The van der Waals surface area contributed by atoms with Gasteiger partial charge in [0.25, 0.3) is 5.91 Å². The molecule has 0 atom stereocenters. The second-order valence-corrected chi connectivity index (χ2v) is 6.09. The zero-order valence-corrected chi connectivity index (χ0v) is 11.2. The van der Waals surface area contributed by atoms with Crippen LogP contribution >= 0.6 is 0 Å². The molecule has 0 fully saturated rings. The lowest BCUT2D eigenvalue weighted by Crippen LogP contribution is -2.12. The average molecular weight is 280 g/mol. The van der Waals surface area contributed by atoms with Crippen LogP contribution in [0, 0.1) is 6.92 Å². The first-order valence-electron chi connectivity index (χ1n) is 5.41. The summed E-state index contributed by atoms with van der Waals surface area (Å²) >= 11 is 0. The molecule has 0 saturated carbocycles. The molecule has 0 bridgehead atoms. The lowest BCUT2D eigenvalue weighted by molar-refractivity contribution is 0.101. The number of hydrogen-bond donors (Lipinski definition) is 1. The molecule has 0 spiro atoms. The third-order valence-corrected chi connectivity index (χ3v) is 3.49. The van der Waals surface area contributed by atoms with Crippen LogP contribution in [-0.4, -0.2) is 25.7 Å². The third kappa shape index (κ3) is 3.19. The van der Waals surface area contributed by atoms with Crippen molar-refractivity contribution in [2.75, 3.05) is 11.6 Å². The number of sulfone groups is 1. The number of aromatic nitrogens is 1. The van der Waals surface area contributed by atoms with E-state index < -0.39 is 15.7 Å². The van der Waals surface area contributed by atoms with Crippen molar-refractivity contribution < 1.29 is 17.7 Å². The van der Waals surface area contributed by atoms with Gasteiger partial charge in [-0.15, -0.1) is 0 Å². The monoisotopic (exact) mass is 280 g/mol. The zero-order valence-electron chi connectivity index (χ0n) is 10.4. The molecular weight excluding hydrogens is 268 g/mol. The van der Waals surface area contributed by atoms with Gasteiger partial charge in [0, 0.05) is 18.0 Å². The molecule has 19 heavy (non-hydrogen) atoms. The summed E-state index contributed by atoms with van der Waals surface area (Å²) in [6.45, 7) is 1.67. The number of amides is 1. The van der Waals surface area contributed by atoms with Crippen molar-refractivity contribution in [3.05, 3.63) is 41.8 Å². The number of nitrogens with zero attached hydrogens (tertiary/aromatic N) is 1. The van der Waals surface area contributed by atoms with E-state index in [1.54, 1.807) is 19.1 Å². The predicted octanol–water partition coefficient (Wildman–Crippen LogP) is 1.64. The van der Waals surface area contributed by atoms with Crippen molar-refractivity contribution in [2.24, 2.45) is 0 Å². The van der Waals surface area contributed by atoms with Gasteiger partial charge in [-0.3, -0.25) is 4.79 Å². The van der Waals surface area contributed by atoms with Gasteiger partial charge in [0.1, 0.15) is 5.76 Å². The molecule has 100 valence electrons. The molecule has 0 unspecified atom stereocenters. The number of anilines is 1. The summed E-state index contributed by atoms with van der Waals surface area (Å²) < 4.78 is 27.6. The number of carbonyl (C=O) groups is 1. The summed E-state index contributed by atoms with van der Waals surface area (Å²) in [6.07, 6.45) is 1.11. The number of rotatable bonds is 3. The first-order chi connectivity index (χ1) is 8.86. The van der Waals surface area contributed by atoms with Crippen LogP contribution in [0.5, 0.6) is 0 Å². The van der Waals surface area contributed by atoms with Crippen molar-refractivity contribution in [1.82, 2.24) is 5.16 Å². The molecule has 0 aliphatic heterocycles. The number of carbonyl (C=O) groups excluding carboxylic acids is 1. The Morgan fingerprint density at radius 2 is 2.05 bits per heavy atom. The molecule has 0 radical (unpaired) electrons. The second-order valence-electron chi connectivity index (χ2n) is 4.08. The quantitative estimate of drug-likeness (QED) is 0.923. The highest BCUT2D eigenvalue weighted by Crippen LogP contribution is 2.16. The zero-order chi connectivity index (χ0) is 14.0. The number of nitrogens with one attached hydrogen (secondary N) is 1. The minimum atomic E-state index is -3.31. The fourth-order valence-corrected chi connectivity index (χ4v) is 2.14. The molecule has 1 heterocycles. The molecule has 2 rings (SSSR count). The van der Waals surface area contributed by atoms with Crippen LogP contribution in [0.2, 0.25) is 0 Å². The summed E-state index contributed by atoms with van der Waals surface area (Å²) in [5, 5.41) is 6.14. The second kappa shape index (κ2) is 4.85. The summed E-state index contributed by atoms with van der Waals surface area (Å²) in [4.78, 5) is 11.9. The first kappa shape index (κ1) is 13.3. The molecule has 1 amide bonds. The SMILES string of the molecule is Cc1cc(C(=O)Nc2cccc(S(C)(=O)=O)c2)no1. The van der Waals surface area contributed by atoms with Crippen LogP contribution in [0.4, 0.5) is 5.69 Å². The Hall–Kier alpha value is -2.15. The Kier molecular flexibility index (Phi) is 3.39. The van der Waals surface area contributed by atoms with E-state index in [2.05, 4.69) is 10.5 Å². The van der Waals surface area contributed by atoms with Gasteiger partial charge in [0.2, 0.25) is 0 Å². The van der Waals surface area contributed by atoms with Crippen molar-refractivity contribution in [3.8, 4) is 0 Å². The normalized spacial score (nSPS) is 11.3. The summed E-state index contributed by atoms with van der Waals surface area (Å²) in [7, 11) is -3.31. The molecule has 1 aromatic carbocycles. The van der Waals surface area contributed by atoms with Gasteiger partial charge in [0.15, 0.2) is 15.5 Å². The number of benzene rings is 1. The van der Waals surface area contributed by atoms with Gasteiger partial charge in [-0.1, -0.05) is 11.2 Å². The van der Waals surface area contributed by atoms with Gasteiger partial charge in [0.05, 0.1) is 4.90 Å². The van der Waals surface area contributed by atoms with E-state index in [0.29, 0.717) is 11.4 Å². The summed E-state index contributed by atoms with van der Waals surface area (Å²) in [6, 6.07) is 7.50. The maximum absolute atomic E-state index is 11.8. The minimum Gasteiger partial charge on any atom is -0.361 e. The molecule has 6 nitrogen and oxygen atoms in total. The van der Waals surface area contributed by atoms with Crippen LogP contribution < -0.4 is 5.32 Å². The predicted molar refractivity (Wildman–Crippen MR) is 68.7 cm³/mol. The summed E-state index contributed by atoms with van der Waals surface area (Å²) in [5.74, 6) is 0.0672. The molecule has 0 aliphatic carbocycles. The Bertz CT molecular complexity index is 719. The topological polar surface area (TPSA) is 89.3 Å². The van der Waals surface area contributed by atoms with Gasteiger partial charge in [-0.05, 0) is 25.1 Å². The van der Waals surface area contributed by atoms with Crippen molar-refractivity contribution in [3.63, 3.8) is 0 Å². The molecule has 0 saturated heterocycles. The standard InChI is InChI=1S/C12H12N2O4S/c1-8-6-11(14-18-8)12(15)13-9-4-3-5-10(7-9)19(2,16)17/h3-7H,1-2H3,(H,13,15). The van der Waals surface area contributed by atoms with Crippen LogP contribution in [-0.2, 0) is 9.84 Å². The fourth-order valence-electron chi connectivity index (χ4n) is 1.47. The number of aryl methyl sites for hydroxylation is 1. The lowest BCUT2D eigenvalue weighted by atomic mass is 10.3. The van der Waals surface area contributed by atoms with Gasteiger partial charge in [-0.2, -0.15) is 0 Å². The highest BCUT2D eigenvalue weighted by Gasteiger charge is 2.13. The Morgan fingerprint density at radius 3 is 2.63 bits per heavy atom. The van der Waals surface area contributed by atoms with E-state index in [4.69, 9.17) is 4.52 Å². The van der Waals surface area contributed by atoms with Crippen LogP contribution in [0.1, 0.15) is 16.2 Å². The molecule has 7 heteroatoms. The van der Waals surface area contributed by atoms with E-state index >= 15 is 0 Å². The third-order valence-electron chi connectivity index (χ3n) is 2.38. The van der Waals surface area contributed by atoms with Gasteiger partial charge in [-0.25, -0.2) is 8.42 Å². The van der Waals surface area contributed by atoms with E-state index in [1.807, 2.05) is 0 Å². The lowest BCUT2D eigenvalue weighted by Gasteiger charge is -2.04. The smallest absolute Gasteiger partial charge is 0.277 e. The fraction of sp³-hybridized carbons (Fsp3) is 0.167. The minimum absolute atomic E-state index is 0.140. The highest BCUT2D eigenvalue weighted by atomic mass is 32.2. The van der Waals surface area contributed by atoms with Crippen LogP contribution in [0.15, 0.2) is 39.8 Å². The maximum Gasteiger partial charge on any atom is 0.277 e. The van der Waals surface area contributed by atoms with Crippen LogP contribution in [0.3, 0.4) is 0 Å². The highest BCUT2D eigenvalue weighted by molar-refractivity contribution is 7.90. The van der Waals surface area contributed by atoms with Crippen molar-refractivity contribution in [2.45, 2.75) is 11.8 Å². The molecule has 1 aromatic heterocycles. The summed E-state index contributed by atoms with van der Waals surface area (Å²) in [5.41, 5.74) is 0.524. The van der Waals surface area contributed by atoms with Gasteiger partial charge >= 0.3 is 0 Å². The van der Waals surface area contributed by atoms with Gasteiger partial charge < -0.3 is 9.84 Å². The molecule has 0 aliphatic rings. The van der Waals surface area contributed by atoms with Crippen LogP contribution in [0.25, 0.3) is 0 Å². The number of hydrogen-bond acceptors (Lipinski definition) is 5. The molecule has 1 N–H and O–H groups in total. The largest absolute Gasteiger partial charge is 0.361 e. The average Bonchev–Trinajstić information content (AvgIpc) is 2.75. The van der Waals surface area contributed by atoms with E-state index in [0.717, 1.165) is 6.26 Å². The molecular formula is C12H12N2O4S. The van der Waals surface area contributed by atoms with E-state index in [9.17, 15) is 13.2 Å². The van der Waals surface area contributed by atoms with Crippen molar-refractivity contribution in [1.29, 1.82) is 0 Å². The van der Waals surface area contributed by atoms with E-state index in [-0.39, 0.29) is 10.6 Å². The first-order valence-corrected chi connectivity index (χ1v) is 7.30. The Labute approximate surface area is 110 Å². The van der Waals surface area contributed by atoms with Crippen molar-refractivity contribution >= 4 is 21.4 Å². The maximum atomic E-state index is 11.8. The Balaban J connectivity index is 2.22. The van der Waals surface area contributed by atoms with E-state index in [1.165, 1.54) is 18.2 Å². The molecule has 2 aromatic rings.